The van der Waals surface area contributed by atoms with Crippen LogP contribution in [0.2, 0.25) is 0 Å². The van der Waals surface area contributed by atoms with Crippen LogP contribution in [0.3, 0.4) is 0 Å². The Balaban J connectivity index is 1.54. The summed E-state index contributed by atoms with van der Waals surface area (Å²) in [5.41, 5.74) is 1.86. The van der Waals surface area contributed by atoms with E-state index in [1.807, 2.05) is 6.07 Å². The molecule has 1 saturated heterocycles. The number of ether oxygens (including phenoxy) is 1. The molecule has 26 heavy (non-hydrogen) atoms. The zero-order valence-corrected chi connectivity index (χ0v) is 14.3. The van der Waals surface area contributed by atoms with Crippen molar-refractivity contribution >= 4 is 11.7 Å². The minimum Gasteiger partial charge on any atom is -0.484 e. The van der Waals surface area contributed by atoms with E-state index in [-0.39, 0.29) is 12.3 Å². The van der Waals surface area contributed by atoms with Gasteiger partial charge in [0.15, 0.2) is 6.10 Å². The first-order chi connectivity index (χ1) is 12.4. The Labute approximate surface area is 150 Å². The lowest BCUT2D eigenvalue weighted by Crippen LogP contribution is -2.54. The molecule has 7 heteroatoms. The maximum absolute atomic E-state index is 14.7. The van der Waals surface area contributed by atoms with Gasteiger partial charge in [-0.15, -0.1) is 0 Å². The van der Waals surface area contributed by atoms with E-state index >= 15 is 0 Å². The number of carbonyl (C=O) groups is 1. The number of nitrogens with one attached hydrogen (secondary N) is 1. The second kappa shape index (κ2) is 6.23. The van der Waals surface area contributed by atoms with Gasteiger partial charge in [0.1, 0.15) is 11.6 Å². The number of fused-ring (bicyclic) bond motifs is 1. The highest BCUT2D eigenvalue weighted by Crippen LogP contribution is 2.34. The van der Waals surface area contributed by atoms with Gasteiger partial charge in [-0.1, -0.05) is 18.2 Å². The molecule has 3 heterocycles. The molecule has 0 radical (unpaired) electrons. The summed E-state index contributed by atoms with van der Waals surface area (Å²) in [7, 11) is 0. The number of pyridine rings is 1. The molecule has 0 bridgehead atoms. The Morgan fingerprint density at radius 2 is 2.08 bits per heavy atom. The first-order valence-corrected chi connectivity index (χ1v) is 8.57. The number of rotatable bonds is 3. The maximum atomic E-state index is 14.7. The van der Waals surface area contributed by atoms with Crippen molar-refractivity contribution in [2.45, 2.75) is 31.9 Å². The molecule has 4 rings (SSSR count). The number of piperidine rings is 1. The molecule has 0 spiro atoms. The largest absolute Gasteiger partial charge is 0.484 e. The molecule has 2 aliphatic heterocycles. The van der Waals surface area contributed by atoms with Crippen LogP contribution in [0.25, 0.3) is 0 Å². The number of benzene rings is 1. The van der Waals surface area contributed by atoms with Crippen LogP contribution in [-0.2, 0) is 6.54 Å². The van der Waals surface area contributed by atoms with Crippen LogP contribution in [0.1, 0.15) is 28.0 Å². The smallest absolute Gasteiger partial charge is 0.301 e. The van der Waals surface area contributed by atoms with Gasteiger partial charge in [0, 0.05) is 13.0 Å². The van der Waals surface area contributed by atoms with E-state index in [0.29, 0.717) is 35.9 Å². The fourth-order valence-corrected chi connectivity index (χ4v) is 3.46. The van der Waals surface area contributed by atoms with Crippen molar-refractivity contribution < 1.29 is 18.3 Å². The summed E-state index contributed by atoms with van der Waals surface area (Å²) in [6, 6.07) is 10.4. The summed E-state index contributed by atoms with van der Waals surface area (Å²) in [4.78, 5) is 17.8. The van der Waals surface area contributed by atoms with Gasteiger partial charge in [-0.3, -0.25) is 4.79 Å². The highest BCUT2D eigenvalue weighted by Gasteiger charge is 2.47. The second-order valence-electron chi connectivity index (χ2n) is 6.70. The van der Waals surface area contributed by atoms with Gasteiger partial charge in [0.05, 0.1) is 24.3 Å². The zero-order valence-electron chi connectivity index (χ0n) is 14.3. The molecule has 2 aliphatic rings. The molecule has 1 fully saturated rings. The Bertz CT molecular complexity index is 842. The van der Waals surface area contributed by atoms with Crippen LogP contribution >= 0.6 is 0 Å². The van der Waals surface area contributed by atoms with Gasteiger partial charge >= 0.3 is 5.92 Å². The number of halogens is 2. The predicted octanol–water partition coefficient (Wildman–Crippen LogP) is 2.93. The minimum atomic E-state index is -3.00. The first-order valence-electron chi connectivity index (χ1n) is 8.57. The highest BCUT2D eigenvalue weighted by atomic mass is 19.3. The first kappa shape index (κ1) is 16.8. The number of hydrogen-bond acceptors (Lipinski definition) is 4. The molecular formula is C19H19F2N3O2. The molecule has 1 atom stereocenters. The Morgan fingerprint density at radius 1 is 1.31 bits per heavy atom. The number of hydrogen-bond donors (Lipinski definition) is 1. The Morgan fingerprint density at radius 3 is 2.81 bits per heavy atom. The van der Waals surface area contributed by atoms with E-state index in [2.05, 4.69) is 10.3 Å². The summed E-state index contributed by atoms with van der Waals surface area (Å²) >= 11 is 0. The van der Waals surface area contributed by atoms with Crippen molar-refractivity contribution in [1.29, 1.82) is 0 Å². The van der Waals surface area contributed by atoms with Crippen LogP contribution in [0.4, 0.5) is 14.6 Å². The molecule has 0 aliphatic carbocycles. The topological polar surface area (TPSA) is 54.5 Å². The quantitative estimate of drug-likeness (QED) is 0.916. The third-order valence-electron chi connectivity index (χ3n) is 4.78. The Hall–Kier alpha value is -2.70. The Kier molecular flexibility index (Phi) is 4.01. The van der Waals surface area contributed by atoms with Crippen LogP contribution in [0.15, 0.2) is 36.4 Å². The molecule has 0 saturated carbocycles. The van der Waals surface area contributed by atoms with Gasteiger partial charge in [-0.05, 0) is 30.7 Å². The van der Waals surface area contributed by atoms with Gasteiger partial charge in [0.2, 0.25) is 0 Å². The summed E-state index contributed by atoms with van der Waals surface area (Å²) in [6.45, 7) is 2.09. The van der Waals surface area contributed by atoms with E-state index in [1.54, 1.807) is 42.2 Å². The molecule has 136 valence electrons. The van der Waals surface area contributed by atoms with Crippen molar-refractivity contribution in [3.8, 4) is 5.75 Å². The van der Waals surface area contributed by atoms with Crippen molar-refractivity contribution in [2.75, 3.05) is 18.0 Å². The molecule has 2 aromatic rings. The van der Waals surface area contributed by atoms with Crippen molar-refractivity contribution in [3.05, 3.63) is 53.2 Å². The van der Waals surface area contributed by atoms with E-state index in [0.717, 1.165) is 5.56 Å². The summed E-state index contributed by atoms with van der Waals surface area (Å²) in [5, 5.41) is 2.70. The monoisotopic (exact) mass is 359 g/mol. The number of alkyl halides is 2. The van der Waals surface area contributed by atoms with Crippen molar-refractivity contribution in [3.63, 3.8) is 0 Å². The van der Waals surface area contributed by atoms with E-state index in [9.17, 15) is 13.6 Å². The molecule has 1 aromatic heterocycles. The van der Waals surface area contributed by atoms with Gasteiger partial charge in [0.25, 0.3) is 5.91 Å². The molecule has 1 N–H and O–H groups in total. The van der Waals surface area contributed by atoms with Crippen molar-refractivity contribution in [2.24, 2.45) is 0 Å². The summed E-state index contributed by atoms with van der Waals surface area (Å²) in [5.74, 6) is -2.21. The number of aromatic nitrogens is 1. The lowest BCUT2D eigenvalue weighted by Gasteiger charge is -2.39. The SMILES string of the molecule is Cc1cc2c(nc1N1CC[C@@H](Oc3ccccc3)C(F)(F)C1)CNC2=O. The normalized spacial score (nSPS) is 21.3. The third kappa shape index (κ3) is 2.98. The summed E-state index contributed by atoms with van der Waals surface area (Å²) in [6.07, 6.45) is -0.976. The van der Waals surface area contributed by atoms with Gasteiger partial charge < -0.3 is 15.0 Å². The molecule has 0 unspecified atom stereocenters. The number of nitrogens with zero attached hydrogens (tertiary/aromatic N) is 2. The number of anilines is 1. The van der Waals surface area contributed by atoms with Gasteiger partial charge in [-0.2, -0.15) is 0 Å². The fraction of sp³-hybridized carbons (Fsp3) is 0.368. The van der Waals surface area contributed by atoms with Crippen LogP contribution in [0.5, 0.6) is 5.75 Å². The standard InChI is InChI=1S/C19H19F2N3O2/c1-12-9-14-15(10-22-18(14)25)23-17(12)24-8-7-16(19(20,21)11-24)26-13-5-3-2-4-6-13/h2-6,9,16H,7-8,10-11H2,1H3,(H,22,25)/t16-/m1/s1. The molecule has 5 nitrogen and oxygen atoms in total. The number of carbonyl (C=O) groups excluding carboxylic acids is 1. The van der Waals surface area contributed by atoms with Crippen LogP contribution in [-0.4, -0.2) is 36.0 Å². The highest BCUT2D eigenvalue weighted by molar-refractivity contribution is 5.98. The summed E-state index contributed by atoms with van der Waals surface area (Å²) < 4.78 is 34.9. The lowest BCUT2D eigenvalue weighted by atomic mass is 10.0. The van der Waals surface area contributed by atoms with Crippen molar-refractivity contribution in [1.82, 2.24) is 10.3 Å². The average Bonchev–Trinajstić information content (AvgIpc) is 2.97. The lowest BCUT2D eigenvalue weighted by molar-refractivity contribution is -0.101. The van der Waals surface area contributed by atoms with E-state index in [4.69, 9.17) is 4.74 Å². The fourth-order valence-electron chi connectivity index (χ4n) is 3.46. The predicted molar refractivity (Wildman–Crippen MR) is 92.8 cm³/mol. The third-order valence-corrected chi connectivity index (χ3v) is 4.78. The second-order valence-corrected chi connectivity index (χ2v) is 6.70. The van der Waals surface area contributed by atoms with E-state index in [1.165, 1.54) is 0 Å². The number of aryl methyl sites for hydroxylation is 1. The van der Waals surface area contributed by atoms with Crippen LogP contribution < -0.4 is 15.0 Å². The number of amides is 1. The molecule has 1 amide bonds. The maximum Gasteiger partial charge on any atom is 0.301 e. The van der Waals surface area contributed by atoms with Crippen LogP contribution in [0, 0.1) is 6.92 Å². The van der Waals surface area contributed by atoms with Gasteiger partial charge in [-0.25, -0.2) is 13.8 Å². The van der Waals surface area contributed by atoms with E-state index < -0.39 is 18.6 Å². The zero-order chi connectivity index (χ0) is 18.3. The molecular weight excluding hydrogens is 340 g/mol. The molecule has 1 aromatic carbocycles. The average molecular weight is 359 g/mol. The minimum absolute atomic E-state index is 0.164. The number of para-hydroxylation sites is 1.